The Labute approximate surface area is 158 Å². The lowest BCUT2D eigenvalue weighted by Gasteiger charge is -2.30. The van der Waals surface area contributed by atoms with Crippen LogP contribution < -0.4 is 9.64 Å². The first-order chi connectivity index (χ1) is 12.2. The van der Waals surface area contributed by atoms with Gasteiger partial charge in [-0.05, 0) is 58.8 Å². The second kappa shape index (κ2) is 9.37. The van der Waals surface area contributed by atoms with Crippen LogP contribution in [0.5, 0.6) is 5.75 Å². The van der Waals surface area contributed by atoms with Gasteiger partial charge in [-0.3, -0.25) is 0 Å². The zero-order chi connectivity index (χ0) is 17.5. The number of likely N-dealkylation sites (tertiary alicyclic amines) is 1. The molecule has 3 nitrogen and oxygen atoms in total. The van der Waals surface area contributed by atoms with E-state index in [-0.39, 0.29) is 0 Å². The maximum absolute atomic E-state index is 10.3. The van der Waals surface area contributed by atoms with Gasteiger partial charge in [-0.1, -0.05) is 42.5 Å². The van der Waals surface area contributed by atoms with E-state index in [9.17, 15) is 5.11 Å². The zero-order valence-electron chi connectivity index (χ0n) is 14.5. The molecule has 1 fully saturated rings. The summed E-state index contributed by atoms with van der Waals surface area (Å²) in [6.45, 7) is 3.40. The van der Waals surface area contributed by atoms with Gasteiger partial charge < -0.3 is 14.7 Å². The van der Waals surface area contributed by atoms with Gasteiger partial charge in [0.1, 0.15) is 25.0 Å². The van der Waals surface area contributed by atoms with Crippen LogP contribution in [0, 0.1) is 5.92 Å². The predicted molar refractivity (Wildman–Crippen MR) is 104 cm³/mol. The average molecular weight is 405 g/mol. The molecule has 0 radical (unpaired) electrons. The van der Waals surface area contributed by atoms with Crippen molar-refractivity contribution in [2.75, 3.05) is 26.2 Å². The van der Waals surface area contributed by atoms with E-state index in [2.05, 4.69) is 46.3 Å². The number of ether oxygens (including phenoxy) is 1. The molecule has 0 aromatic heterocycles. The molecule has 0 saturated carbocycles. The van der Waals surface area contributed by atoms with Gasteiger partial charge in [0.15, 0.2) is 0 Å². The average Bonchev–Trinajstić information content (AvgIpc) is 2.64. The smallest absolute Gasteiger partial charge is 0.137 e. The van der Waals surface area contributed by atoms with Crippen molar-refractivity contribution >= 4 is 15.9 Å². The van der Waals surface area contributed by atoms with E-state index in [1.165, 1.54) is 29.7 Å². The summed E-state index contributed by atoms with van der Waals surface area (Å²) in [5.41, 5.74) is 1.44. The molecule has 1 heterocycles. The minimum Gasteiger partial charge on any atom is -0.489 e. The normalized spacial score (nSPS) is 21.7. The van der Waals surface area contributed by atoms with Crippen LogP contribution in [0.4, 0.5) is 0 Å². The molecule has 2 N–H and O–H groups in total. The number of hydrogen-bond acceptors (Lipinski definition) is 2. The van der Waals surface area contributed by atoms with Crippen molar-refractivity contribution in [1.29, 1.82) is 0 Å². The third-order valence-corrected chi connectivity index (χ3v) is 5.63. The maximum Gasteiger partial charge on any atom is 0.137 e. The van der Waals surface area contributed by atoms with Crippen LogP contribution in [0.1, 0.15) is 18.4 Å². The quantitative estimate of drug-likeness (QED) is 0.743. The molecule has 0 spiro atoms. The Balaban J connectivity index is 1.37. The highest BCUT2D eigenvalue weighted by molar-refractivity contribution is 9.10. The van der Waals surface area contributed by atoms with Crippen LogP contribution in [0.2, 0.25) is 0 Å². The van der Waals surface area contributed by atoms with Crippen LogP contribution in [-0.2, 0) is 6.42 Å². The van der Waals surface area contributed by atoms with E-state index in [4.69, 9.17) is 4.74 Å². The Hall–Kier alpha value is -1.36. The second-order valence-electron chi connectivity index (χ2n) is 6.98. The highest BCUT2D eigenvalue weighted by Crippen LogP contribution is 2.23. The first-order valence-electron chi connectivity index (χ1n) is 9.13. The number of para-hydroxylation sites is 1. The topological polar surface area (TPSA) is 33.9 Å². The SMILES string of the molecule is O[C@@H](COc1ccccc1Br)C[NH+]1CCC(Cc2ccccc2)CC1. The third kappa shape index (κ3) is 5.84. The minimum atomic E-state index is -0.423. The lowest BCUT2D eigenvalue weighted by molar-refractivity contribution is -0.909. The fourth-order valence-corrected chi connectivity index (χ4v) is 3.98. The molecule has 3 rings (SSSR count). The first-order valence-corrected chi connectivity index (χ1v) is 9.93. The summed E-state index contributed by atoms with van der Waals surface area (Å²) < 4.78 is 6.66. The molecule has 1 saturated heterocycles. The van der Waals surface area contributed by atoms with Crippen LogP contribution >= 0.6 is 15.9 Å². The van der Waals surface area contributed by atoms with Gasteiger partial charge in [0, 0.05) is 0 Å². The number of hydrogen-bond donors (Lipinski definition) is 2. The standard InChI is InChI=1S/C21H26BrNO2/c22-20-8-4-5-9-21(20)25-16-19(24)15-23-12-10-18(11-13-23)14-17-6-2-1-3-7-17/h1-9,18-19,24H,10-16H2/p+1/t19-/m1/s1. The van der Waals surface area contributed by atoms with E-state index in [0.717, 1.165) is 35.8 Å². The summed E-state index contributed by atoms with van der Waals surface area (Å²) in [7, 11) is 0. The number of rotatable bonds is 7. The van der Waals surface area contributed by atoms with Crippen molar-refractivity contribution in [3.05, 3.63) is 64.6 Å². The fraction of sp³-hybridized carbons (Fsp3) is 0.429. The van der Waals surface area contributed by atoms with Gasteiger partial charge in [-0.2, -0.15) is 0 Å². The molecule has 1 aliphatic rings. The van der Waals surface area contributed by atoms with Gasteiger partial charge in [-0.15, -0.1) is 0 Å². The Morgan fingerprint density at radius 1 is 1.04 bits per heavy atom. The molecular formula is C21H27BrNO2+. The van der Waals surface area contributed by atoms with Crippen molar-refractivity contribution in [3.8, 4) is 5.75 Å². The van der Waals surface area contributed by atoms with Crippen molar-refractivity contribution < 1.29 is 14.7 Å². The number of halogens is 1. The van der Waals surface area contributed by atoms with Gasteiger partial charge in [0.05, 0.1) is 17.6 Å². The van der Waals surface area contributed by atoms with E-state index in [1.54, 1.807) is 0 Å². The monoisotopic (exact) mass is 404 g/mol. The number of aliphatic hydroxyl groups is 1. The van der Waals surface area contributed by atoms with Gasteiger partial charge in [0.2, 0.25) is 0 Å². The maximum atomic E-state index is 10.3. The number of nitrogens with one attached hydrogen (secondary N) is 1. The molecule has 0 unspecified atom stereocenters. The Kier molecular flexibility index (Phi) is 6.91. The molecule has 4 heteroatoms. The number of aliphatic hydroxyl groups excluding tert-OH is 1. The minimum absolute atomic E-state index is 0.347. The molecule has 25 heavy (non-hydrogen) atoms. The molecule has 0 bridgehead atoms. The summed E-state index contributed by atoms with van der Waals surface area (Å²) >= 11 is 3.47. The summed E-state index contributed by atoms with van der Waals surface area (Å²) in [6, 6.07) is 18.5. The zero-order valence-corrected chi connectivity index (χ0v) is 16.1. The molecule has 2 aromatic carbocycles. The van der Waals surface area contributed by atoms with E-state index >= 15 is 0 Å². The van der Waals surface area contributed by atoms with Gasteiger partial charge >= 0.3 is 0 Å². The summed E-state index contributed by atoms with van der Waals surface area (Å²) in [4.78, 5) is 1.49. The first kappa shape index (κ1) is 18.4. The van der Waals surface area contributed by atoms with Crippen molar-refractivity contribution in [2.45, 2.75) is 25.4 Å². The third-order valence-electron chi connectivity index (χ3n) is 4.97. The molecule has 2 aromatic rings. The van der Waals surface area contributed by atoms with Crippen molar-refractivity contribution in [3.63, 3.8) is 0 Å². The van der Waals surface area contributed by atoms with Crippen LogP contribution in [0.15, 0.2) is 59.1 Å². The molecule has 1 atom stereocenters. The Morgan fingerprint density at radius 2 is 1.72 bits per heavy atom. The van der Waals surface area contributed by atoms with Gasteiger partial charge in [-0.25, -0.2) is 0 Å². The Morgan fingerprint density at radius 3 is 2.44 bits per heavy atom. The number of piperidine rings is 1. The number of quaternary nitrogens is 1. The lowest BCUT2D eigenvalue weighted by Crippen LogP contribution is -3.14. The van der Waals surface area contributed by atoms with E-state index < -0.39 is 6.10 Å². The van der Waals surface area contributed by atoms with E-state index in [0.29, 0.717) is 6.61 Å². The van der Waals surface area contributed by atoms with Crippen LogP contribution in [0.25, 0.3) is 0 Å². The molecule has 0 amide bonds. The summed E-state index contributed by atoms with van der Waals surface area (Å²) in [5, 5.41) is 10.3. The van der Waals surface area contributed by atoms with Crippen molar-refractivity contribution in [2.24, 2.45) is 5.92 Å². The predicted octanol–water partition coefficient (Wildman–Crippen LogP) is 2.73. The number of benzene rings is 2. The molecule has 134 valence electrons. The van der Waals surface area contributed by atoms with Crippen LogP contribution in [-0.4, -0.2) is 37.5 Å². The molecule has 0 aliphatic carbocycles. The van der Waals surface area contributed by atoms with Crippen LogP contribution in [0.3, 0.4) is 0 Å². The highest BCUT2D eigenvalue weighted by Gasteiger charge is 2.24. The van der Waals surface area contributed by atoms with E-state index in [1.807, 2.05) is 24.3 Å². The highest BCUT2D eigenvalue weighted by atomic mass is 79.9. The summed E-state index contributed by atoms with van der Waals surface area (Å²) in [5.74, 6) is 1.57. The summed E-state index contributed by atoms with van der Waals surface area (Å²) in [6.07, 6.45) is 3.24. The van der Waals surface area contributed by atoms with Crippen molar-refractivity contribution in [1.82, 2.24) is 0 Å². The second-order valence-corrected chi connectivity index (χ2v) is 7.84. The molecular weight excluding hydrogens is 378 g/mol. The largest absolute Gasteiger partial charge is 0.489 e. The fourth-order valence-electron chi connectivity index (χ4n) is 3.58. The van der Waals surface area contributed by atoms with Gasteiger partial charge in [0.25, 0.3) is 0 Å². The lowest BCUT2D eigenvalue weighted by atomic mass is 9.90. The Bertz CT molecular complexity index is 641. The molecule has 1 aliphatic heterocycles.